The van der Waals surface area contributed by atoms with Crippen LogP contribution in [0.2, 0.25) is 0 Å². The zero-order valence-electron chi connectivity index (χ0n) is 11.1. The minimum Gasteiger partial charge on any atom is -0.298 e. The van der Waals surface area contributed by atoms with Gasteiger partial charge in [-0.25, -0.2) is 4.39 Å². The smallest absolute Gasteiger partial charge is 0.153 e. The summed E-state index contributed by atoms with van der Waals surface area (Å²) in [6.07, 6.45) is 4.98. The first-order valence-electron chi connectivity index (χ1n) is 6.44. The van der Waals surface area contributed by atoms with E-state index in [1.165, 1.54) is 12.3 Å². The highest BCUT2D eigenvalue weighted by Gasteiger charge is 2.12. The van der Waals surface area contributed by atoms with Crippen LogP contribution >= 0.6 is 0 Å². The van der Waals surface area contributed by atoms with Crippen molar-refractivity contribution in [2.45, 2.75) is 6.54 Å². The van der Waals surface area contributed by atoms with Crippen molar-refractivity contribution in [3.8, 4) is 11.3 Å². The largest absolute Gasteiger partial charge is 0.298 e. The van der Waals surface area contributed by atoms with Crippen molar-refractivity contribution >= 4 is 6.29 Å². The van der Waals surface area contributed by atoms with Gasteiger partial charge in [0.2, 0.25) is 0 Å². The number of carbonyl (C=O) groups excluding carboxylic acids is 1. The summed E-state index contributed by atoms with van der Waals surface area (Å²) in [6.45, 7) is 0.546. The van der Waals surface area contributed by atoms with E-state index in [2.05, 4.69) is 10.1 Å². The molecule has 0 amide bonds. The Morgan fingerprint density at radius 3 is 2.71 bits per heavy atom. The van der Waals surface area contributed by atoms with E-state index in [1.807, 2.05) is 30.3 Å². The fourth-order valence-corrected chi connectivity index (χ4v) is 2.14. The van der Waals surface area contributed by atoms with Gasteiger partial charge in [-0.15, -0.1) is 0 Å². The lowest BCUT2D eigenvalue weighted by atomic mass is 10.1. The molecule has 0 aliphatic carbocycles. The van der Waals surface area contributed by atoms with Crippen LogP contribution < -0.4 is 0 Å². The number of hydrogen-bond acceptors (Lipinski definition) is 3. The average molecular weight is 281 g/mol. The lowest BCUT2D eigenvalue weighted by Crippen LogP contribution is -2.00. The van der Waals surface area contributed by atoms with Crippen molar-refractivity contribution < 1.29 is 9.18 Å². The Bertz CT molecular complexity index is 768. The molecule has 0 aliphatic rings. The molecule has 3 aromatic rings. The molecule has 0 N–H and O–H groups in total. The Kier molecular flexibility index (Phi) is 3.55. The number of aldehydes is 1. The number of pyridine rings is 1. The lowest BCUT2D eigenvalue weighted by molar-refractivity contribution is 0.112. The Morgan fingerprint density at radius 1 is 1.19 bits per heavy atom. The van der Waals surface area contributed by atoms with Gasteiger partial charge in [-0.3, -0.25) is 14.5 Å². The lowest BCUT2D eigenvalue weighted by Gasteiger charge is -2.01. The molecule has 0 saturated carbocycles. The van der Waals surface area contributed by atoms with Gasteiger partial charge in [0.1, 0.15) is 11.5 Å². The normalized spacial score (nSPS) is 10.5. The van der Waals surface area contributed by atoms with Crippen molar-refractivity contribution in [1.29, 1.82) is 0 Å². The minimum atomic E-state index is -0.457. The molecule has 0 aliphatic heterocycles. The van der Waals surface area contributed by atoms with E-state index < -0.39 is 5.82 Å². The molecule has 0 fully saturated rings. The SMILES string of the molecule is O=Cc1cn(Cc2ccccc2)nc1-c1cncc(F)c1. The van der Waals surface area contributed by atoms with E-state index in [0.29, 0.717) is 29.7 Å². The van der Waals surface area contributed by atoms with Crippen LogP contribution in [0.15, 0.2) is 55.0 Å². The molecule has 4 nitrogen and oxygen atoms in total. The summed E-state index contributed by atoms with van der Waals surface area (Å²) < 4.78 is 14.9. The topological polar surface area (TPSA) is 47.8 Å². The second kappa shape index (κ2) is 5.66. The zero-order valence-corrected chi connectivity index (χ0v) is 11.1. The maximum atomic E-state index is 13.3. The predicted octanol–water partition coefficient (Wildman–Crippen LogP) is 2.95. The maximum absolute atomic E-state index is 13.3. The van der Waals surface area contributed by atoms with Gasteiger partial charge in [0.15, 0.2) is 6.29 Å². The zero-order chi connectivity index (χ0) is 14.7. The van der Waals surface area contributed by atoms with Gasteiger partial charge >= 0.3 is 0 Å². The molecule has 1 aromatic carbocycles. The van der Waals surface area contributed by atoms with E-state index in [0.717, 1.165) is 11.8 Å². The Hall–Kier alpha value is -2.82. The summed E-state index contributed by atoms with van der Waals surface area (Å²) >= 11 is 0. The monoisotopic (exact) mass is 281 g/mol. The summed E-state index contributed by atoms with van der Waals surface area (Å²) in [7, 11) is 0. The first-order valence-corrected chi connectivity index (χ1v) is 6.44. The summed E-state index contributed by atoms with van der Waals surface area (Å²) in [5.74, 6) is -0.457. The van der Waals surface area contributed by atoms with Gasteiger partial charge in [0.05, 0.1) is 18.3 Å². The van der Waals surface area contributed by atoms with Crippen LogP contribution in [0.4, 0.5) is 4.39 Å². The first kappa shape index (κ1) is 13.2. The predicted molar refractivity (Wildman–Crippen MR) is 76.3 cm³/mol. The second-order valence-electron chi connectivity index (χ2n) is 4.63. The molecule has 21 heavy (non-hydrogen) atoms. The molecule has 0 atom stereocenters. The fourth-order valence-electron chi connectivity index (χ4n) is 2.14. The first-order chi connectivity index (χ1) is 10.3. The van der Waals surface area contributed by atoms with Crippen molar-refractivity contribution in [1.82, 2.24) is 14.8 Å². The van der Waals surface area contributed by atoms with Gasteiger partial charge in [-0.1, -0.05) is 30.3 Å². The van der Waals surface area contributed by atoms with Crippen molar-refractivity contribution in [2.24, 2.45) is 0 Å². The molecule has 2 aromatic heterocycles. The third-order valence-corrected chi connectivity index (χ3v) is 3.08. The van der Waals surface area contributed by atoms with Crippen LogP contribution in [-0.2, 0) is 6.54 Å². The summed E-state index contributed by atoms with van der Waals surface area (Å²) in [6, 6.07) is 11.1. The number of halogens is 1. The molecule has 0 spiro atoms. The van der Waals surface area contributed by atoms with Gasteiger partial charge in [0, 0.05) is 18.0 Å². The van der Waals surface area contributed by atoms with E-state index >= 15 is 0 Å². The molecule has 5 heteroatoms. The number of nitrogens with zero attached hydrogens (tertiary/aromatic N) is 3. The van der Waals surface area contributed by atoms with Crippen LogP contribution in [-0.4, -0.2) is 21.1 Å². The highest BCUT2D eigenvalue weighted by molar-refractivity contribution is 5.85. The molecule has 3 rings (SSSR count). The van der Waals surface area contributed by atoms with Crippen LogP contribution in [0, 0.1) is 5.82 Å². The number of hydrogen-bond donors (Lipinski definition) is 0. The maximum Gasteiger partial charge on any atom is 0.153 e. The highest BCUT2D eigenvalue weighted by Crippen LogP contribution is 2.21. The van der Waals surface area contributed by atoms with Crippen LogP contribution in [0.5, 0.6) is 0 Å². The number of rotatable bonds is 4. The second-order valence-corrected chi connectivity index (χ2v) is 4.63. The number of benzene rings is 1. The Morgan fingerprint density at radius 2 is 2.00 bits per heavy atom. The van der Waals surface area contributed by atoms with Gasteiger partial charge in [-0.05, 0) is 11.6 Å². The number of aromatic nitrogens is 3. The van der Waals surface area contributed by atoms with Crippen molar-refractivity contribution in [3.05, 3.63) is 71.9 Å². The molecule has 0 bridgehead atoms. The van der Waals surface area contributed by atoms with Crippen LogP contribution in [0.3, 0.4) is 0 Å². The molecule has 2 heterocycles. The van der Waals surface area contributed by atoms with Gasteiger partial charge in [-0.2, -0.15) is 5.10 Å². The van der Waals surface area contributed by atoms with E-state index in [-0.39, 0.29) is 0 Å². The molecule has 104 valence electrons. The van der Waals surface area contributed by atoms with Gasteiger partial charge < -0.3 is 0 Å². The Balaban J connectivity index is 1.97. The Labute approximate surface area is 120 Å². The van der Waals surface area contributed by atoms with Crippen molar-refractivity contribution in [3.63, 3.8) is 0 Å². The fraction of sp³-hybridized carbons (Fsp3) is 0.0625. The van der Waals surface area contributed by atoms with E-state index in [9.17, 15) is 9.18 Å². The molecule has 0 unspecified atom stereocenters. The summed E-state index contributed by atoms with van der Waals surface area (Å²) in [5, 5.41) is 4.37. The molecular formula is C16H12FN3O. The summed E-state index contributed by atoms with van der Waals surface area (Å²) in [4.78, 5) is 15.0. The summed E-state index contributed by atoms with van der Waals surface area (Å²) in [5.41, 5.74) is 2.41. The van der Waals surface area contributed by atoms with Crippen molar-refractivity contribution in [2.75, 3.05) is 0 Å². The number of carbonyl (C=O) groups is 1. The average Bonchev–Trinajstić information content (AvgIpc) is 2.91. The van der Waals surface area contributed by atoms with Crippen LogP contribution in [0.1, 0.15) is 15.9 Å². The van der Waals surface area contributed by atoms with Crippen LogP contribution in [0.25, 0.3) is 11.3 Å². The quantitative estimate of drug-likeness (QED) is 0.691. The van der Waals surface area contributed by atoms with E-state index in [4.69, 9.17) is 0 Å². The third kappa shape index (κ3) is 2.86. The van der Waals surface area contributed by atoms with E-state index in [1.54, 1.807) is 10.9 Å². The molecular weight excluding hydrogens is 269 g/mol. The molecule has 0 saturated heterocycles. The highest BCUT2D eigenvalue weighted by atomic mass is 19.1. The minimum absolute atomic E-state index is 0.415. The van der Waals surface area contributed by atoms with Gasteiger partial charge in [0.25, 0.3) is 0 Å². The third-order valence-electron chi connectivity index (χ3n) is 3.08. The molecule has 0 radical (unpaired) electrons. The standard InChI is InChI=1S/C16H12FN3O/c17-15-6-13(7-18-8-15)16-14(11-21)10-20(19-16)9-12-4-2-1-3-5-12/h1-8,10-11H,9H2.